The van der Waals surface area contributed by atoms with E-state index in [0.717, 1.165) is 61.6 Å². The lowest BCUT2D eigenvalue weighted by Gasteiger charge is -2.30. The molecule has 2 aliphatic rings. The first kappa shape index (κ1) is 23.8. The van der Waals surface area contributed by atoms with Crippen LogP contribution in [0, 0.1) is 11.8 Å². The Kier molecular flexibility index (Phi) is 8.05. The van der Waals surface area contributed by atoms with Crippen molar-refractivity contribution in [2.45, 2.75) is 32.6 Å². The summed E-state index contributed by atoms with van der Waals surface area (Å²) in [5.41, 5.74) is 3.51. The Bertz CT molecular complexity index is 925. The number of halogens is 1. The smallest absolute Gasteiger partial charge is 0.176 e. The molecule has 2 aliphatic heterocycles. The largest absolute Gasteiger partial charge is 0.296 e. The molecule has 4 nitrogen and oxygen atoms in total. The average molecular weight is 451 g/mol. The Morgan fingerprint density at radius 2 is 1.12 bits per heavy atom. The summed E-state index contributed by atoms with van der Waals surface area (Å²) in [5.74, 6) is 1.20. The number of ketones is 2. The number of nitrogens with zero attached hydrogens (tertiary/aromatic N) is 2. The summed E-state index contributed by atoms with van der Waals surface area (Å²) < 4.78 is 12.8. The number of alkyl halides is 1. The standard InChI is InChI=1S/C28H35FN2O2/c1-21-10-14-30(15-11-21)19-27(32)25-6-2-23(3-7-25)24-4-8-26(9-5-24)28(33)20-31-16-12-22(18-29)13-17-31/h2-9,21-22H,10-20H2,1H3. The van der Waals surface area contributed by atoms with Crippen LogP contribution in [0.2, 0.25) is 0 Å². The van der Waals surface area contributed by atoms with Gasteiger partial charge in [-0.2, -0.15) is 0 Å². The van der Waals surface area contributed by atoms with Crippen molar-refractivity contribution in [1.82, 2.24) is 9.80 Å². The maximum atomic E-state index is 12.8. The lowest BCUT2D eigenvalue weighted by Crippen LogP contribution is -2.37. The van der Waals surface area contributed by atoms with E-state index in [-0.39, 0.29) is 24.2 Å². The number of carbonyl (C=O) groups excluding carboxylic acids is 2. The predicted molar refractivity (Wildman–Crippen MR) is 131 cm³/mol. The van der Waals surface area contributed by atoms with Crippen molar-refractivity contribution in [1.29, 1.82) is 0 Å². The molecule has 4 rings (SSSR count). The molecular weight excluding hydrogens is 415 g/mol. The van der Waals surface area contributed by atoms with Crippen LogP contribution in [0.3, 0.4) is 0 Å². The Morgan fingerprint density at radius 3 is 1.52 bits per heavy atom. The van der Waals surface area contributed by atoms with E-state index in [2.05, 4.69) is 16.7 Å². The van der Waals surface area contributed by atoms with E-state index in [0.29, 0.717) is 18.7 Å². The van der Waals surface area contributed by atoms with Crippen LogP contribution in [-0.2, 0) is 0 Å². The zero-order valence-corrected chi connectivity index (χ0v) is 19.6. The Hall–Kier alpha value is -2.37. The molecule has 2 fully saturated rings. The molecule has 0 bridgehead atoms. The molecule has 0 aliphatic carbocycles. The minimum absolute atomic E-state index is 0.105. The molecule has 0 amide bonds. The molecule has 0 N–H and O–H groups in total. The van der Waals surface area contributed by atoms with Crippen LogP contribution in [0.15, 0.2) is 48.5 Å². The van der Waals surface area contributed by atoms with E-state index in [1.807, 2.05) is 48.5 Å². The van der Waals surface area contributed by atoms with Crippen molar-refractivity contribution >= 4 is 11.6 Å². The summed E-state index contributed by atoms with van der Waals surface area (Å²) in [5, 5.41) is 0. The molecule has 0 spiro atoms. The molecule has 33 heavy (non-hydrogen) atoms. The van der Waals surface area contributed by atoms with E-state index in [1.54, 1.807) is 0 Å². The first-order valence-corrected chi connectivity index (χ1v) is 12.3. The number of piperidine rings is 2. The maximum Gasteiger partial charge on any atom is 0.176 e. The summed E-state index contributed by atoms with van der Waals surface area (Å²) in [6, 6.07) is 15.5. The third-order valence-corrected chi connectivity index (χ3v) is 7.28. The van der Waals surface area contributed by atoms with Gasteiger partial charge in [0, 0.05) is 11.1 Å². The van der Waals surface area contributed by atoms with Crippen molar-refractivity contribution in [3.63, 3.8) is 0 Å². The average Bonchev–Trinajstić information content (AvgIpc) is 2.86. The quantitative estimate of drug-likeness (QED) is 0.523. The fourth-order valence-electron chi connectivity index (χ4n) is 4.80. The molecule has 0 atom stereocenters. The molecule has 2 aromatic carbocycles. The van der Waals surface area contributed by atoms with Gasteiger partial charge in [0.15, 0.2) is 11.6 Å². The van der Waals surface area contributed by atoms with Crippen molar-refractivity contribution < 1.29 is 14.0 Å². The number of rotatable bonds is 8. The second-order valence-corrected chi connectivity index (χ2v) is 9.83. The molecule has 0 unspecified atom stereocenters. The van der Waals surface area contributed by atoms with Crippen LogP contribution in [0.5, 0.6) is 0 Å². The highest BCUT2D eigenvalue weighted by molar-refractivity contribution is 5.99. The molecule has 0 aromatic heterocycles. The topological polar surface area (TPSA) is 40.6 Å². The minimum Gasteiger partial charge on any atom is -0.296 e. The number of Topliss-reactive ketones (excluding diaryl/α,β-unsaturated/α-hetero) is 2. The monoisotopic (exact) mass is 450 g/mol. The van der Waals surface area contributed by atoms with Crippen molar-refractivity contribution in [3.05, 3.63) is 59.7 Å². The number of carbonyl (C=O) groups is 2. The van der Waals surface area contributed by atoms with Gasteiger partial charge in [0.2, 0.25) is 0 Å². The number of hydrogen-bond donors (Lipinski definition) is 0. The first-order valence-electron chi connectivity index (χ1n) is 12.3. The molecule has 2 saturated heterocycles. The second-order valence-electron chi connectivity index (χ2n) is 9.83. The van der Waals surface area contributed by atoms with Crippen molar-refractivity contribution in [2.75, 3.05) is 45.9 Å². The zero-order valence-electron chi connectivity index (χ0n) is 19.6. The normalized spacial score (nSPS) is 19.0. The van der Waals surface area contributed by atoms with Crippen LogP contribution in [0.25, 0.3) is 11.1 Å². The summed E-state index contributed by atoms with van der Waals surface area (Å²) in [6.07, 6.45) is 4.00. The number of benzene rings is 2. The lowest BCUT2D eigenvalue weighted by molar-refractivity contribution is 0.0884. The van der Waals surface area contributed by atoms with Gasteiger partial charge < -0.3 is 0 Å². The lowest BCUT2D eigenvalue weighted by atomic mass is 9.97. The maximum absolute atomic E-state index is 12.8. The molecule has 176 valence electrons. The molecular formula is C28H35FN2O2. The van der Waals surface area contributed by atoms with Gasteiger partial charge >= 0.3 is 0 Å². The summed E-state index contributed by atoms with van der Waals surface area (Å²) in [7, 11) is 0. The number of hydrogen-bond acceptors (Lipinski definition) is 4. The van der Waals surface area contributed by atoms with Gasteiger partial charge in [0.1, 0.15) is 0 Å². The van der Waals surface area contributed by atoms with Gasteiger partial charge in [0.05, 0.1) is 19.8 Å². The van der Waals surface area contributed by atoms with Crippen molar-refractivity contribution in [3.8, 4) is 11.1 Å². The highest BCUT2D eigenvalue weighted by Crippen LogP contribution is 2.23. The van der Waals surface area contributed by atoms with E-state index in [9.17, 15) is 14.0 Å². The molecule has 2 aromatic rings. The van der Waals surface area contributed by atoms with E-state index < -0.39 is 0 Å². The van der Waals surface area contributed by atoms with E-state index in [1.165, 1.54) is 12.8 Å². The van der Waals surface area contributed by atoms with Gasteiger partial charge in [-0.05, 0) is 74.8 Å². The van der Waals surface area contributed by atoms with Gasteiger partial charge in [-0.1, -0.05) is 55.5 Å². The van der Waals surface area contributed by atoms with Crippen LogP contribution < -0.4 is 0 Å². The van der Waals surface area contributed by atoms with Crippen LogP contribution in [-0.4, -0.2) is 67.3 Å². The number of likely N-dealkylation sites (tertiary alicyclic amines) is 2. The fourth-order valence-corrected chi connectivity index (χ4v) is 4.80. The first-order chi connectivity index (χ1) is 16.0. The van der Waals surface area contributed by atoms with Gasteiger partial charge in [-0.3, -0.25) is 23.8 Å². The van der Waals surface area contributed by atoms with E-state index >= 15 is 0 Å². The Balaban J connectivity index is 1.31. The van der Waals surface area contributed by atoms with Crippen LogP contribution >= 0.6 is 0 Å². The summed E-state index contributed by atoms with van der Waals surface area (Å²) in [6.45, 7) is 6.51. The molecule has 0 saturated carbocycles. The second kappa shape index (κ2) is 11.2. The molecule has 0 radical (unpaired) electrons. The highest BCUT2D eigenvalue weighted by atomic mass is 19.1. The third-order valence-electron chi connectivity index (χ3n) is 7.28. The van der Waals surface area contributed by atoms with Gasteiger partial charge in [-0.15, -0.1) is 0 Å². The van der Waals surface area contributed by atoms with E-state index in [4.69, 9.17) is 0 Å². The zero-order chi connectivity index (χ0) is 23.2. The van der Waals surface area contributed by atoms with Gasteiger partial charge in [-0.25, -0.2) is 0 Å². The van der Waals surface area contributed by atoms with Crippen LogP contribution in [0.4, 0.5) is 4.39 Å². The highest BCUT2D eigenvalue weighted by Gasteiger charge is 2.21. The third kappa shape index (κ3) is 6.36. The Labute approximate surface area is 196 Å². The fraction of sp³-hybridized carbons (Fsp3) is 0.500. The molecule has 5 heteroatoms. The van der Waals surface area contributed by atoms with Crippen molar-refractivity contribution in [2.24, 2.45) is 11.8 Å². The molecule has 2 heterocycles. The SMILES string of the molecule is CC1CCN(CC(=O)c2ccc(-c3ccc(C(=O)CN4CCC(CF)CC4)cc3)cc2)CC1. The Morgan fingerprint density at radius 1 is 0.727 bits per heavy atom. The minimum atomic E-state index is -0.254. The predicted octanol–water partition coefficient (Wildman–Crippen LogP) is 5.13. The summed E-state index contributed by atoms with van der Waals surface area (Å²) in [4.78, 5) is 29.7. The van der Waals surface area contributed by atoms with Gasteiger partial charge in [0.25, 0.3) is 0 Å². The summed E-state index contributed by atoms with van der Waals surface area (Å²) >= 11 is 0. The van der Waals surface area contributed by atoms with Crippen LogP contribution in [0.1, 0.15) is 53.3 Å².